The molecule has 2 aromatic carbocycles. The van der Waals surface area contributed by atoms with E-state index in [-0.39, 0.29) is 24.1 Å². The summed E-state index contributed by atoms with van der Waals surface area (Å²) in [5.74, 6) is 2.39. The minimum Gasteiger partial charge on any atom is -0.351 e. The van der Waals surface area contributed by atoms with Crippen molar-refractivity contribution in [3.63, 3.8) is 0 Å². The summed E-state index contributed by atoms with van der Waals surface area (Å²) in [5, 5.41) is 2.77. The van der Waals surface area contributed by atoms with Gasteiger partial charge in [-0.1, -0.05) is 55.3 Å². The second-order valence-corrected chi connectivity index (χ2v) is 12.2. The van der Waals surface area contributed by atoms with Crippen LogP contribution in [0, 0.1) is 6.92 Å². The van der Waals surface area contributed by atoms with Crippen LogP contribution in [-0.2, 0) is 33.7 Å². The van der Waals surface area contributed by atoms with Crippen LogP contribution in [0.4, 0.5) is 0 Å². The van der Waals surface area contributed by atoms with E-state index in [2.05, 4.69) is 10.8 Å². The maximum atomic E-state index is 13.7. The van der Waals surface area contributed by atoms with Crippen molar-refractivity contribution < 1.29 is 32.4 Å². The lowest BCUT2D eigenvalue weighted by atomic mass is 9.82. The van der Waals surface area contributed by atoms with Crippen molar-refractivity contribution in [2.75, 3.05) is 19.4 Å². The first kappa shape index (κ1) is 31.2. The van der Waals surface area contributed by atoms with Crippen LogP contribution in [0.15, 0.2) is 48.5 Å². The lowest BCUT2D eigenvalue weighted by Crippen LogP contribution is -2.53. The average molecular weight is 575 g/mol. The summed E-state index contributed by atoms with van der Waals surface area (Å²) in [4.78, 5) is 45.3. The quantitative estimate of drug-likeness (QED) is 0.170. The number of carbonyl (C=O) groups is 3. The minimum absolute atomic E-state index is 0.0813. The van der Waals surface area contributed by atoms with Crippen LogP contribution in [0.2, 0.25) is 0 Å². The third-order valence-electron chi connectivity index (χ3n) is 7.00. The maximum absolute atomic E-state index is 13.7. The van der Waals surface area contributed by atoms with Crippen LogP contribution < -0.4 is 22.1 Å². The molecule has 0 aliphatic carbocycles. The van der Waals surface area contributed by atoms with Gasteiger partial charge in [0.2, 0.25) is 0 Å². The van der Waals surface area contributed by atoms with Crippen LogP contribution >= 0.6 is 0 Å². The summed E-state index contributed by atoms with van der Waals surface area (Å²) in [6.07, 6.45) is 2.95. The number of hydrogen-bond acceptors (Lipinski definition) is 8. The van der Waals surface area contributed by atoms with Crippen molar-refractivity contribution in [1.82, 2.24) is 16.2 Å². The zero-order valence-electron chi connectivity index (χ0n) is 23.1. The van der Waals surface area contributed by atoms with E-state index in [4.69, 9.17) is 15.4 Å². The van der Waals surface area contributed by atoms with Gasteiger partial charge < -0.3 is 10.1 Å². The van der Waals surface area contributed by atoms with Gasteiger partial charge >= 0.3 is 0 Å². The summed E-state index contributed by atoms with van der Waals surface area (Å²) in [5.41, 5.74) is 5.91. The minimum atomic E-state index is -4.11. The van der Waals surface area contributed by atoms with Crippen molar-refractivity contribution in [1.29, 1.82) is 0 Å². The fraction of sp³-hybridized carbons (Fsp3) is 0.464. The highest BCUT2D eigenvalue weighted by Gasteiger charge is 2.51. The Balaban J connectivity index is 2.09. The van der Waals surface area contributed by atoms with E-state index in [1.54, 1.807) is 56.3 Å². The number of amides is 3. The Labute approximate surface area is 235 Å². The first-order chi connectivity index (χ1) is 19.0. The molecular weight excluding hydrogens is 536 g/mol. The molecule has 0 radical (unpaired) electrons. The standard InChI is InChI=1S/C28H38N4O7S/c1-4-15-28(27(35)31-29,40(3,36)37)23-14-13-19(2)17-21(23)22(18-30-25(33)20-10-6-5-7-11-20)26(34)32-39-24-12-8-9-16-38-24/h5-7,10-11,13-14,17,22,24H,4,8-9,12,15-16,18,29H2,1-3H3,(H,30,33)(H,31,35)(H,32,34)/t22-,24?,28+/m0/s1. The van der Waals surface area contributed by atoms with Gasteiger partial charge in [-0.05, 0) is 49.4 Å². The van der Waals surface area contributed by atoms with Gasteiger partial charge in [0.15, 0.2) is 20.9 Å². The van der Waals surface area contributed by atoms with E-state index in [0.29, 0.717) is 25.0 Å². The molecule has 0 bridgehead atoms. The first-order valence-corrected chi connectivity index (χ1v) is 15.2. The molecule has 1 aliphatic heterocycles. The van der Waals surface area contributed by atoms with Crippen molar-refractivity contribution in [3.05, 3.63) is 70.8 Å². The average Bonchev–Trinajstić information content (AvgIpc) is 2.95. The molecule has 3 amide bonds. The maximum Gasteiger partial charge on any atom is 0.259 e. The van der Waals surface area contributed by atoms with Gasteiger partial charge in [-0.15, -0.1) is 0 Å². The molecule has 11 nitrogen and oxygen atoms in total. The number of carbonyl (C=O) groups excluding carboxylic acids is 3. The SMILES string of the molecule is CCC[C@](C(=O)NN)(c1ccc(C)cc1[C@H](CNC(=O)c1ccccc1)C(=O)NOC1CCCCO1)S(C)(=O)=O. The molecule has 218 valence electrons. The molecule has 0 saturated carbocycles. The molecule has 2 aromatic rings. The zero-order valence-corrected chi connectivity index (χ0v) is 23.9. The van der Waals surface area contributed by atoms with Gasteiger partial charge in [0.1, 0.15) is 0 Å². The summed E-state index contributed by atoms with van der Waals surface area (Å²) < 4.78 is 30.1. The number of hydrazine groups is 1. The molecular formula is C28H38N4O7S. The molecule has 12 heteroatoms. The highest BCUT2D eigenvalue weighted by Crippen LogP contribution is 2.40. The predicted molar refractivity (Wildman–Crippen MR) is 149 cm³/mol. The fourth-order valence-corrected chi connectivity index (χ4v) is 6.52. The summed E-state index contributed by atoms with van der Waals surface area (Å²) in [6.45, 7) is 3.82. The van der Waals surface area contributed by atoms with Gasteiger partial charge in [-0.2, -0.15) is 0 Å². The molecule has 0 spiro atoms. The monoisotopic (exact) mass is 574 g/mol. The van der Waals surface area contributed by atoms with Crippen LogP contribution in [0.3, 0.4) is 0 Å². The van der Waals surface area contributed by atoms with Gasteiger partial charge in [0, 0.05) is 31.4 Å². The molecule has 5 N–H and O–H groups in total. The van der Waals surface area contributed by atoms with Crippen molar-refractivity contribution in [3.8, 4) is 0 Å². The van der Waals surface area contributed by atoms with E-state index in [1.807, 2.05) is 5.43 Å². The van der Waals surface area contributed by atoms with E-state index < -0.39 is 44.5 Å². The largest absolute Gasteiger partial charge is 0.351 e. The lowest BCUT2D eigenvalue weighted by Gasteiger charge is -2.34. The Morgan fingerprint density at radius 3 is 2.48 bits per heavy atom. The molecule has 1 saturated heterocycles. The van der Waals surface area contributed by atoms with Crippen LogP contribution in [0.5, 0.6) is 0 Å². The topological polar surface area (TPSA) is 166 Å². The predicted octanol–water partition coefficient (Wildman–Crippen LogP) is 2.11. The van der Waals surface area contributed by atoms with Crippen LogP contribution in [-0.4, -0.2) is 51.8 Å². The normalized spacial score (nSPS) is 17.8. The smallest absolute Gasteiger partial charge is 0.259 e. The second kappa shape index (κ2) is 13.8. The Morgan fingerprint density at radius 2 is 1.88 bits per heavy atom. The van der Waals surface area contributed by atoms with E-state index in [1.165, 1.54) is 6.07 Å². The zero-order chi connectivity index (χ0) is 29.3. The lowest BCUT2D eigenvalue weighted by molar-refractivity contribution is -0.201. The van der Waals surface area contributed by atoms with Crippen molar-refractivity contribution in [2.24, 2.45) is 5.84 Å². The summed E-state index contributed by atoms with van der Waals surface area (Å²) in [6, 6.07) is 13.3. The Kier molecular flexibility index (Phi) is 10.8. The van der Waals surface area contributed by atoms with E-state index in [9.17, 15) is 22.8 Å². The number of nitrogens with one attached hydrogen (secondary N) is 3. The molecule has 1 unspecified atom stereocenters. The van der Waals surface area contributed by atoms with E-state index >= 15 is 0 Å². The molecule has 40 heavy (non-hydrogen) atoms. The number of sulfone groups is 1. The third-order valence-corrected chi connectivity index (χ3v) is 8.87. The Morgan fingerprint density at radius 1 is 1.15 bits per heavy atom. The van der Waals surface area contributed by atoms with Gasteiger partial charge in [0.25, 0.3) is 17.7 Å². The van der Waals surface area contributed by atoms with Gasteiger partial charge in [-0.25, -0.2) is 24.6 Å². The molecule has 0 aromatic heterocycles. The summed E-state index contributed by atoms with van der Waals surface area (Å²) >= 11 is 0. The summed E-state index contributed by atoms with van der Waals surface area (Å²) in [7, 11) is -4.11. The second-order valence-electron chi connectivity index (χ2n) is 9.92. The number of nitrogens with two attached hydrogens (primary N) is 1. The number of hydrogen-bond donors (Lipinski definition) is 4. The van der Waals surface area contributed by atoms with Crippen molar-refractivity contribution >= 4 is 27.6 Å². The van der Waals surface area contributed by atoms with Crippen LogP contribution in [0.1, 0.15) is 72.0 Å². The fourth-order valence-electron chi connectivity index (χ4n) is 4.96. The number of ether oxygens (including phenoxy) is 1. The number of rotatable bonds is 12. The Bertz CT molecular complexity index is 1300. The third kappa shape index (κ3) is 7.05. The molecule has 3 rings (SSSR count). The first-order valence-electron chi connectivity index (χ1n) is 13.3. The van der Waals surface area contributed by atoms with Crippen LogP contribution in [0.25, 0.3) is 0 Å². The highest BCUT2D eigenvalue weighted by molar-refractivity contribution is 7.92. The molecule has 1 fully saturated rings. The van der Waals surface area contributed by atoms with Gasteiger partial charge in [0.05, 0.1) is 5.92 Å². The molecule has 1 aliphatic rings. The number of aryl methyl sites for hydroxylation is 1. The van der Waals surface area contributed by atoms with Crippen molar-refractivity contribution in [2.45, 2.75) is 62.9 Å². The van der Waals surface area contributed by atoms with E-state index in [0.717, 1.165) is 24.7 Å². The number of benzene rings is 2. The molecule has 3 atom stereocenters. The Hall–Kier alpha value is -3.32. The van der Waals surface area contributed by atoms with Gasteiger partial charge in [-0.3, -0.25) is 19.8 Å². The highest BCUT2D eigenvalue weighted by atomic mass is 32.2. The molecule has 1 heterocycles. The number of hydroxylamine groups is 1.